The van der Waals surface area contributed by atoms with Gasteiger partial charge in [-0.2, -0.15) is 9.57 Å². The van der Waals surface area contributed by atoms with Crippen LogP contribution in [0.4, 0.5) is 11.4 Å². The number of amides is 1. The number of anilines is 2. The molecule has 0 radical (unpaired) electrons. The van der Waals surface area contributed by atoms with Crippen LogP contribution >= 0.6 is 11.6 Å². The molecule has 2 fully saturated rings. The summed E-state index contributed by atoms with van der Waals surface area (Å²) in [4.78, 5) is 15.4. The number of nitrogens with zero attached hydrogens (tertiary/aromatic N) is 3. The number of nitriles is 1. The molecule has 8 nitrogen and oxygen atoms in total. The van der Waals surface area contributed by atoms with Crippen molar-refractivity contribution in [2.75, 3.05) is 49.6 Å². The number of halogens is 1. The number of ether oxygens (including phenoxy) is 1. The van der Waals surface area contributed by atoms with Gasteiger partial charge in [0.05, 0.1) is 34.3 Å². The maximum absolute atomic E-state index is 13.3. The summed E-state index contributed by atoms with van der Waals surface area (Å²) in [6.07, 6.45) is 2.67. The topological polar surface area (TPSA) is 103 Å². The number of piperidine rings is 1. The largest absolute Gasteiger partial charge is 0.378 e. The number of sulfonamides is 1. The predicted octanol–water partition coefficient (Wildman–Crippen LogP) is 3.48. The minimum absolute atomic E-state index is 0.0976. The van der Waals surface area contributed by atoms with Crippen LogP contribution in [0.3, 0.4) is 0 Å². The van der Waals surface area contributed by atoms with Gasteiger partial charge in [0.2, 0.25) is 10.0 Å². The molecule has 2 saturated heterocycles. The van der Waals surface area contributed by atoms with Crippen molar-refractivity contribution in [3.05, 3.63) is 52.5 Å². The minimum atomic E-state index is -3.71. The Balaban J connectivity index is 1.70. The maximum Gasteiger partial charge on any atom is 0.257 e. The van der Waals surface area contributed by atoms with Gasteiger partial charge in [-0.15, -0.1) is 0 Å². The Labute approximate surface area is 198 Å². The van der Waals surface area contributed by atoms with E-state index in [4.69, 9.17) is 16.3 Å². The second-order valence-corrected chi connectivity index (χ2v) is 10.3. The van der Waals surface area contributed by atoms with Crippen LogP contribution in [0.25, 0.3) is 0 Å². The zero-order chi connectivity index (χ0) is 23.4. The van der Waals surface area contributed by atoms with Crippen molar-refractivity contribution >= 4 is 38.9 Å². The number of hydrogen-bond donors (Lipinski definition) is 1. The molecule has 0 atom stereocenters. The SMILES string of the molecule is N#Cc1cc(NC(=O)c2cc(S(=O)(=O)N3CCCCC3)ccc2N2CCOCC2)ccc1Cl. The zero-order valence-electron chi connectivity index (χ0n) is 18.1. The lowest BCUT2D eigenvalue weighted by Crippen LogP contribution is -2.38. The van der Waals surface area contributed by atoms with Crippen LogP contribution in [0, 0.1) is 11.3 Å². The van der Waals surface area contributed by atoms with Crippen LogP contribution in [0.15, 0.2) is 41.3 Å². The highest BCUT2D eigenvalue weighted by atomic mass is 35.5. The van der Waals surface area contributed by atoms with Crippen molar-refractivity contribution in [2.24, 2.45) is 0 Å². The molecule has 2 heterocycles. The van der Waals surface area contributed by atoms with Crippen molar-refractivity contribution in [3.8, 4) is 6.07 Å². The molecule has 0 saturated carbocycles. The molecule has 2 aliphatic heterocycles. The molecular formula is C23H25ClN4O4S. The average Bonchev–Trinajstić information content (AvgIpc) is 2.85. The van der Waals surface area contributed by atoms with Gasteiger partial charge in [-0.1, -0.05) is 18.0 Å². The van der Waals surface area contributed by atoms with Gasteiger partial charge in [0.15, 0.2) is 0 Å². The van der Waals surface area contributed by atoms with E-state index in [0.29, 0.717) is 55.8 Å². The number of carbonyl (C=O) groups excluding carboxylic acids is 1. The summed E-state index contributed by atoms with van der Waals surface area (Å²) in [5, 5.41) is 12.3. The van der Waals surface area contributed by atoms with Gasteiger partial charge >= 0.3 is 0 Å². The summed E-state index contributed by atoms with van der Waals surface area (Å²) >= 11 is 6.00. The molecule has 4 rings (SSSR count). The lowest BCUT2D eigenvalue weighted by Gasteiger charge is -2.31. The van der Waals surface area contributed by atoms with E-state index in [-0.39, 0.29) is 16.0 Å². The molecule has 1 N–H and O–H groups in total. The van der Waals surface area contributed by atoms with Crippen molar-refractivity contribution in [1.29, 1.82) is 5.26 Å². The van der Waals surface area contributed by atoms with E-state index in [1.165, 1.54) is 22.5 Å². The maximum atomic E-state index is 13.3. The van der Waals surface area contributed by atoms with Gasteiger partial charge in [0.25, 0.3) is 5.91 Å². The van der Waals surface area contributed by atoms with Crippen LogP contribution in [-0.4, -0.2) is 58.0 Å². The van der Waals surface area contributed by atoms with Gasteiger partial charge < -0.3 is 15.0 Å². The first kappa shape index (κ1) is 23.5. The fourth-order valence-corrected chi connectivity index (χ4v) is 5.78. The van der Waals surface area contributed by atoms with Crippen molar-refractivity contribution < 1.29 is 17.9 Å². The first-order valence-electron chi connectivity index (χ1n) is 10.9. The summed E-state index contributed by atoms with van der Waals surface area (Å²) in [6.45, 7) is 3.21. The van der Waals surface area contributed by atoms with Crippen LogP contribution in [0.2, 0.25) is 5.02 Å². The van der Waals surface area contributed by atoms with E-state index in [1.807, 2.05) is 11.0 Å². The third-order valence-corrected chi connectivity index (χ3v) is 8.09. The standard InChI is InChI=1S/C23H25ClN4O4S/c24-21-6-4-18(14-17(21)16-25)26-23(29)20-15-19(33(30,31)28-8-2-1-3-9-28)5-7-22(20)27-10-12-32-13-11-27/h4-7,14-15H,1-3,8-13H2,(H,26,29). The van der Waals surface area contributed by atoms with Gasteiger partial charge in [-0.3, -0.25) is 4.79 Å². The summed E-state index contributed by atoms with van der Waals surface area (Å²) in [5.74, 6) is -0.460. The zero-order valence-corrected chi connectivity index (χ0v) is 19.7. The van der Waals surface area contributed by atoms with Gasteiger partial charge in [-0.25, -0.2) is 8.42 Å². The second kappa shape index (κ2) is 10.1. The third-order valence-electron chi connectivity index (χ3n) is 5.86. The van der Waals surface area contributed by atoms with E-state index >= 15 is 0 Å². The fourth-order valence-electron chi connectivity index (χ4n) is 4.08. The van der Waals surface area contributed by atoms with Gasteiger partial charge in [0, 0.05) is 37.6 Å². The molecule has 0 spiro atoms. The Kier molecular flexibility index (Phi) is 7.20. The highest BCUT2D eigenvalue weighted by Gasteiger charge is 2.28. The molecule has 33 heavy (non-hydrogen) atoms. The summed E-state index contributed by atoms with van der Waals surface area (Å²) in [7, 11) is -3.71. The monoisotopic (exact) mass is 488 g/mol. The van der Waals surface area contributed by atoms with E-state index < -0.39 is 15.9 Å². The minimum Gasteiger partial charge on any atom is -0.378 e. The molecule has 2 aromatic carbocycles. The highest BCUT2D eigenvalue weighted by Crippen LogP contribution is 2.29. The number of hydrogen-bond acceptors (Lipinski definition) is 6. The summed E-state index contributed by atoms with van der Waals surface area (Å²) in [6, 6.07) is 11.3. The number of nitrogens with one attached hydrogen (secondary N) is 1. The highest BCUT2D eigenvalue weighted by molar-refractivity contribution is 7.89. The van der Waals surface area contributed by atoms with E-state index in [0.717, 1.165) is 19.3 Å². The number of carbonyl (C=O) groups is 1. The molecule has 0 unspecified atom stereocenters. The van der Waals surface area contributed by atoms with Crippen LogP contribution in [0.5, 0.6) is 0 Å². The molecule has 10 heteroatoms. The van der Waals surface area contributed by atoms with Gasteiger partial charge in [-0.05, 0) is 49.2 Å². The van der Waals surface area contributed by atoms with E-state index in [2.05, 4.69) is 5.32 Å². The fraction of sp³-hybridized carbons (Fsp3) is 0.391. The normalized spacial score (nSPS) is 17.4. The Bertz CT molecular complexity index is 1180. The Morgan fingerprint density at radius 1 is 1.03 bits per heavy atom. The molecule has 1 amide bonds. The summed E-state index contributed by atoms with van der Waals surface area (Å²) in [5.41, 5.74) is 1.54. The van der Waals surface area contributed by atoms with Crippen molar-refractivity contribution in [3.63, 3.8) is 0 Å². The van der Waals surface area contributed by atoms with Crippen molar-refractivity contribution in [2.45, 2.75) is 24.2 Å². The lowest BCUT2D eigenvalue weighted by atomic mass is 10.1. The lowest BCUT2D eigenvalue weighted by molar-refractivity contribution is 0.102. The first-order chi connectivity index (χ1) is 15.9. The first-order valence-corrected chi connectivity index (χ1v) is 12.7. The molecule has 0 aromatic heterocycles. The van der Waals surface area contributed by atoms with Crippen molar-refractivity contribution in [1.82, 2.24) is 4.31 Å². The molecule has 0 bridgehead atoms. The van der Waals surface area contributed by atoms with Crippen LogP contribution in [-0.2, 0) is 14.8 Å². The molecule has 2 aromatic rings. The number of benzene rings is 2. The Morgan fingerprint density at radius 2 is 1.76 bits per heavy atom. The smallest absolute Gasteiger partial charge is 0.257 e. The molecular weight excluding hydrogens is 464 g/mol. The number of rotatable bonds is 5. The van der Waals surface area contributed by atoms with Crippen LogP contribution < -0.4 is 10.2 Å². The van der Waals surface area contributed by atoms with Gasteiger partial charge in [0.1, 0.15) is 6.07 Å². The predicted molar refractivity (Wildman–Crippen MR) is 126 cm³/mol. The molecule has 0 aliphatic carbocycles. The quantitative estimate of drug-likeness (QED) is 0.691. The molecule has 2 aliphatic rings. The summed E-state index contributed by atoms with van der Waals surface area (Å²) < 4.78 is 33.4. The number of morpholine rings is 1. The Hall–Kier alpha value is -2.64. The van der Waals surface area contributed by atoms with E-state index in [9.17, 15) is 18.5 Å². The van der Waals surface area contributed by atoms with Crippen LogP contribution in [0.1, 0.15) is 35.2 Å². The molecule has 174 valence electrons. The second-order valence-electron chi connectivity index (χ2n) is 8.00. The third kappa shape index (κ3) is 5.14. The average molecular weight is 489 g/mol. The Morgan fingerprint density at radius 3 is 2.45 bits per heavy atom. The van der Waals surface area contributed by atoms with E-state index in [1.54, 1.807) is 18.2 Å².